The van der Waals surface area contributed by atoms with Crippen molar-refractivity contribution in [3.63, 3.8) is 0 Å². The smallest absolute Gasteiger partial charge is 0.270 e. The second-order valence-electron chi connectivity index (χ2n) is 5.14. The summed E-state index contributed by atoms with van der Waals surface area (Å²) < 4.78 is 13.2. The van der Waals surface area contributed by atoms with Gasteiger partial charge in [-0.05, 0) is 30.7 Å². The molecule has 0 bridgehead atoms. The number of hydrogen-bond acceptors (Lipinski definition) is 4. The SMILES string of the molecule is Cl.NCCc1nc(C(=O)NC2CC2c2cccc(F)c2)cs1. The van der Waals surface area contributed by atoms with Crippen molar-refractivity contribution in [3.8, 4) is 0 Å². The van der Waals surface area contributed by atoms with E-state index >= 15 is 0 Å². The summed E-state index contributed by atoms with van der Waals surface area (Å²) in [5, 5.41) is 5.57. The van der Waals surface area contributed by atoms with Gasteiger partial charge < -0.3 is 11.1 Å². The number of nitrogens with two attached hydrogens (primary N) is 1. The molecule has 0 aliphatic heterocycles. The maximum Gasteiger partial charge on any atom is 0.270 e. The summed E-state index contributed by atoms with van der Waals surface area (Å²) in [4.78, 5) is 16.3. The highest BCUT2D eigenvalue weighted by Crippen LogP contribution is 2.41. The molecule has 1 aliphatic rings. The van der Waals surface area contributed by atoms with E-state index in [4.69, 9.17) is 5.73 Å². The van der Waals surface area contributed by atoms with E-state index < -0.39 is 0 Å². The van der Waals surface area contributed by atoms with Crippen LogP contribution < -0.4 is 11.1 Å². The fourth-order valence-corrected chi connectivity index (χ4v) is 3.15. The fourth-order valence-electron chi connectivity index (χ4n) is 2.36. The molecule has 0 radical (unpaired) electrons. The highest BCUT2D eigenvalue weighted by molar-refractivity contribution is 7.09. The average Bonchev–Trinajstić information content (AvgIpc) is 3.06. The highest BCUT2D eigenvalue weighted by atomic mass is 35.5. The van der Waals surface area contributed by atoms with Crippen LogP contribution in [0.15, 0.2) is 29.6 Å². The molecule has 2 atom stereocenters. The number of thiazole rings is 1. The van der Waals surface area contributed by atoms with E-state index in [0.29, 0.717) is 18.7 Å². The molecule has 2 aromatic rings. The van der Waals surface area contributed by atoms with Gasteiger partial charge in [0.15, 0.2) is 0 Å². The number of nitrogens with zero attached hydrogens (tertiary/aromatic N) is 1. The molecule has 1 amide bonds. The third-order valence-corrected chi connectivity index (χ3v) is 4.43. The van der Waals surface area contributed by atoms with Crippen LogP contribution >= 0.6 is 23.7 Å². The second kappa shape index (κ2) is 7.17. The van der Waals surface area contributed by atoms with E-state index in [2.05, 4.69) is 10.3 Å². The Hall–Kier alpha value is -1.50. The van der Waals surface area contributed by atoms with Crippen molar-refractivity contribution in [3.05, 3.63) is 51.7 Å². The number of aromatic nitrogens is 1. The van der Waals surface area contributed by atoms with Crippen molar-refractivity contribution in [2.45, 2.75) is 24.8 Å². The van der Waals surface area contributed by atoms with Crippen LogP contribution in [0.1, 0.15) is 33.4 Å². The van der Waals surface area contributed by atoms with Gasteiger partial charge >= 0.3 is 0 Å². The molecule has 7 heteroatoms. The predicted octanol–water partition coefficient (Wildman–Crippen LogP) is 2.49. The van der Waals surface area contributed by atoms with Gasteiger partial charge in [0, 0.05) is 23.8 Å². The maximum atomic E-state index is 13.2. The van der Waals surface area contributed by atoms with Crippen LogP contribution in [0, 0.1) is 5.82 Å². The molecule has 3 rings (SSSR count). The molecular weight excluding hydrogens is 325 g/mol. The highest BCUT2D eigenvalue weighted by Gasteiger charge is 2.40. The van der Waals surface area contributed by atoms with Gasteiger partial charge in [0.1, 0.15) is 11.5 Å². The standard InChI is InChI=1S/C15H16FN3OS.ClH/c16-10-3-1-2-9(6-10)11-7-12(11)19-15(20)13-8-21-14(18-13)4-5-17;/h1-3,6,8,11-12H,4-5,7,17H2,(H,19,20);1H. The first-order valence-electron chi connectivity index (χ1n) is 6.88. The quantitative estimate of drug-likeness (QED) is 0.878. The van der Waals surface area contributed by atoms with E-state index in [1.165, 1.54) is 23.5 Å². The second-order valence-corrected chi connectivity index (χ2v) is 6.08. The normalized spacial score (nSPS) is 19.4. The van der Waals surface area contributed by atoms with E-state index in [1.54, 1.807) is 11.4 Å². The molecule has 1 aromatic carbocycles. The zero-order chi connectivity index (χ0) is 14.8. The summed E-state index contributed by atoms with van der Waals surface area (Å²) in [5.74, 6) is -0.208. The van der Waals surface area contributed by atoms with E-state index in [0.717, 1.165) is 17.0 Å². The van der Waals surface area contributed by atoms with Crippen molar-refractivity contribution >= 4 is 29.7 Å². The largest absolute Gasteiger partial charge is 0.347 e. The lowest BCUT2D eigenvalue weighted by atomic mass is 10.1. The Morgan fingerprint density at radius 1 is 1.50 bits per heavy atom. The lowest BCUT2D eigenvalue weighted by Gasteiger charge is -2.03. The molecule has 118 valence electrons. The molecule has 1 heterocycles. The summed E-state index contributed by atoms with van der Waals surface area (Å²) in [7, 11) is 0. The molecule has 1 saturated carbocycles. The molecule has 1 aliphatic carbocycles. The van der Waals surface area contributed by atoms with Crippen molar-refractivity contribution in [1.29, 1.82) is 0 Å². The summed E-state index contributed by atoms with van der Waals surface area (Å²) >= 11 is 1.45. The van der Waals surface area contributed by atoms with Gasteiger partial charge in [-0.1, -0.05) is 12.1 Å². The molecular formula is C15H17ClFN3OS. The first-order chi connectivity index (χ1) is 10.2. The number of rotatable bonds is 5. The molecule has 0 spiro atoms. The lowest BCUT2D eigenvalue weighted by Crippen LogP contribution is -2.26. The van der Waals surface area contributed by atoms with Crippen LogP contribution in [0.3, 0.4) is 0 Å². The van der Waals surface area contributed by atoms with Crippen LogP contribution in [0.5, 0.6) is 0 Å². The Morgan fingerprint density at radius 2 is 2.32 bits per heavy atom. The van der Waals surface area contributed by atoms with Crippen molar-refractivity contribution in [2.75, 3.05) is 6.54 Å². The topological polar surface area (TPSA) is 68.0 Å². The van der Waals surface area contributed by atoms with Crippen LogP contribution in [-0.4, -0.2) is 23.5 Å². The number of nitrogens with one attached hydrogen (secondary N) is 1. The van der Waals surface area contributed by atoms with Crippen LogP contribution in [0.25, 0.3) is 0 Å². The third kappa shape index (κ3) is 3.82. The van der Waals surface area contributed by atoms with Gasteiger partial charge in [-0.3, -0.25) is 4.79 Å². The van der Waals surface area contributed by atoms with Gasteiger partial charge in [0.25, 0.3) is 5.91 Å². The molecule has 1 fully saturated rings. The molecule has 4 nitrogen and oxygen atoms in total. The first kappa shape index (κ1) is 16.9. The molecule has 22 heavy (non-hydrogen) atoms. The lowest BCUT2D eigenvalue weighted by molar-refractivity contribution is 0.0946. The summed E-state index contributed by atoms with van der Waals surface area (Å²) in [5.41, 5.74) is 6.84. The van der Waals surface area contributed by atoms with Gasteiger partial charge in [0.05, 0.1) is 5.01 Å². The molecule has 2 unspecified atom stereocenters. The van der Waals surface area contributed by atoms with E-state index in [9.17, 15) is 9.18 Å². The van der Waals surface area contributed by atoms with Gasteiger partial charge in [-0.25, -0.2) is 9.37 Å². The monoisotopic (exact) mass is 341 g/mol. The van der Waals surface area contributed by atoms with Crippen molar-refractivity contribution in [2.24, 2.45) is 5.73 Å². The maximum absolute atomic E-state index is 13.2. The van der Waals surface area contributed by atoms with Crippen molar-refractivity contribution < 1.29 is 9.18 Å². The van der Waals surface area contributed by atoms with Crippen LogP contribution in [0.2, 0.25) is 0 Å². The summed E-state index contributed by atoms with van der Waals surface area (Å²) in [6.07, 6.45) is 1.53. The van der Waals surface area contributed by atoms with Gasteiger partial charge in [-0.2, -0.15) is 0 Å². The number of carbonyl (C=O) groups excluding carboxylic acids is 1. The summed E-state index contributed by atoms with van der Waals surface area (Å²) in [6, 6.07) is 6.61. The Labute approximate surface area is 138 Å². The predicted molar refractivity (Wildman–Crippen MR) is 87.1 cm³/mol. The summed E-state index contributed by atoms with van der Waals surface area (Å²) in [6.45, 7) is 0.527. The minimum absolute atomic E-state index is 0. The van der Waals surface area contributed by atoms with Crippen LogP contribution in [0.4, 0.5) is 4.39 Å². The van der Waals surface area contributed by atoms with Gasteiger partial charge in [0.2, 0.25) is 0 Å². The Bertz CT molecular complexity index is 664. The van der Waals surface area contributed by atoms with E-state index in [-0.39, 0.29) is 36.1 Å². The zero-order valence-electron chi connectivity index (χ0n) is 11.8. The van der Waals surface area contributed by atoms with Crippen LogP contribution in [-0.2, 0) is 6.42 Å². The number of benzene rings is 1. The van der Waals surface area contributed by atoms with Gasteiger partial charge in [-0.15, -0.1) is 23.7 Å². The number of amides is 1. The average molecular weight is 342 g/mol. The number of carbonyl (C=O) groups is 1. The van der Waals surface area contributed by atoms with E-state index in [1.807, 2.05) is 6.07 Å². The van der Waals surface area contributed by atoms with Crippen molar-refractivity contribution in [1.82, 2.24) is 10.3 Å². The minimum Gasteiger partial charge on any atom is -0.347 e. The molecule has 0 saturated heterocycles. The Kier molecular flexibility index (Phi) is 5.50. The molecule has 3 N–H and O–H groups in total. The minimum atomic E-state index is -0.240. The third-order valence-electron chi connectivity index (χ3n) is 3.53. The Balaban J connectivity index is 0.00000176. The fraction of sp³-hybridized carbons (Fsp3) is 0.333. The zero-order valence-corrected chi connectivity index (χ0v) is 13.4. The molecule has 1 aromatic heterocycles. The number of halogens is 2. The number of hydrogen-bond donors (Lipinski definition) is 2. The Morgan fingerprint density at radius 3 is 3.05 bits per heavy atom. The first-order valence-corrected chi connectivity index (χ1v) is 7.76.